The Morgan fingerprint density at radius 2 is 2.00 bits per heavy atom. The van der Waals surface area contributed by atoms with Crippen LogP contribution in [-0.4, -0.2) is 10.0 Å². The number of benzene rings is 1. The molecule has 2 aromatic rings. The number of ether oxygens (including phenoxy) is 1. The molecule has 2 rings (SSSR count). The third-order valence-corrected chi connectivity index (χ3v) is 2.30. The van der Waals surface area contributed by atoms with Crippen LogP contribution >= 0.6 is 0 Å². The van der Waals surface area contributed by atoms with Crippen LogP contribution in [0.4, 0.5) is 5.69 Å². The van der Waals surface area contributed by atoms with Crippen LogP contribution in [0, 0.1) is 10.1 Å². The highest BCUT2D eigenvalue weighted by Gasteiger charge is 2.06. The van der Waals surface area contributed by atoms with Gasteiger partial charge in [0.05, 0.1) is 4.92 Å². The number of nitrogens with zero attached hydrogens (tertiary/aromatic N) is 1. The molecular formula is C12H9NO6. The summed E-state index contributed by atoms with van der Waals surface area (Å²) < 4.78 is 10.2. The van der Waals surface area contributed by atoms with E-state index in [1.54, 1.807) is 0 Å². The molecular weight excluding hydrogens is 254 g/mol. The molecule has 0 fully saturated rings. The lowest BCUT2D eigenvalue weighted by atomic mass is 10.3. The summed E-state index contributed by atoms with van der Waals surface area (Å²) in [5.74, 6) is 0.168. The van der Waals surface area contributed by atoms with Gasteiger partial charge in [-0.1, -0.05) is 0 Å². The molecule has 0 aliphatic heterocycles. The summed E-state index contributed by atoms with van der Waals surface area (Å²) in [6.07, 6.45) is 0.927. The first kappa shape index (κ1) is 12.6. The molecule has 0 aliphatic carbocycles. The first-order chi connectivity index (χ1) is 9.06. The van der Waals surface area contributed by atoms with E-state index in [1.807, 2.05) is 0 Å². The summed E-state index contributed by atoms with van der Waals surface area (Å²) in [5.41, 5.74) is -0.600. The van der Waals surface area contributed by atoms with Crippen molar-refractivity contribution in [3.63, 3.8) is 0 Å². The number of nitro benzene ring substituents is 1. The number of aromatic hydroxyl groups is 1. The van der Waals surface area contributed by atoms with Crippen LogP contribution in [0.15, 0.2) is 45.8 Å². The van der Waals surface area contributed by atoms with Gasteiger partial charge in [0.15, 0.2) is 5.75 Å². The fraction of sp³-hybridized carbons (Fsp3) is 0.0833. The zero-order valence-electron chi connectivity index (χ0n) is 9.61. The van der Waals surface area contributed by atoms with Crippen LogP contribution in [0.2, 0.25) is 0 Å². The van der Waals surface area contributed by atoms with Gasteiger partial charge in [-0.15, -0.1) is 0 Å². The van der Waals surface area contributed by atoms with Gasteiger partial charge >= 0.3 is 0 Å². The molecule has 1 heterocycles. The van der Waals surface area contributed by atoms with Crippen molar-refractivity contribution in [2.45, 2.75) is 6.61 Å². The molecule has 7 heteroatoms. The fourth-order valence-corrected chi connectivity index (χ4v) is 1.34. The molecule has 0 aliphatic rings. The van der Waals surface area contributed by atoms with Gasteiger partial charge in [0, 0.05) is 18.2 Å². The lowest BCUT2D eigenvalue weighted by Gasteiger charge is -2.04. The molecule has 0 radical (unpaired) electrons. The van der Waals surface area contributed by atoms with E-state index in [2.05, 4.69) is 0 Å². The second-order valence-corrected chi connectivity index (χ2v) is 3.64. The second-order valence-electron chi connectivity index (χ2n) is 3.64. The molecule has 0 unspecified atom stereocenters. The van der Waals surface area contributed by atoms with E-state index in [9.17, 15) is 14.9 Å². The van der Waals surface area contributed by atoms with E-state index in [-0.39, 0.29) is 18.1 Å². The lowest BCUT2D eigenvalue weighted by molar-refractivity contribution is -0.384. The van der Waals surface area contributed by atoms with Crippen LogP contribution < -0.4 is 10.2 Å². The highest BCUT2D eigenvalue weighted by Crippen LogP contribution is 2.18. The Bertz CT molecular complexity index is 646. The average Bonchev–Trinajstić information content (AvgIpc) is 2.40. The van der Waals surface area contributed by atoms with E-state index in [0.29, 0.717) is 5.75 Å². The van der Waals surface area contributed by atoms with E-state index < -0.39 is 16.1 Å². The van der Waals surface area contributed by atoms with Crippen molar-refractivity contribution in [2.24, 2.45) is 0 Å². The van der Waals surface area contributed by atoms with E-state index in [0.717, 1.165) is 12.3 Å². The predicted molar refractivity (Wildman–Crippen MR) is 64.1 cm³/mol. The van der Waals surface area contributed by atoms with Crippen molar-refractivity contribution in [1.29, 1.82) is 0 Å². The first-order valence-corrected chi connectivity index (χ1v) is 5.24. The van der Waals surface area contributed by atoms with Crippen LogP contribution in [-0.2, 0) is 6.61 Å². The van der Waals surface area contributed by atoms with Crippen molar-refractivity contribution < 1.29 is 19.2 Å². The molecule has 0 atom stereocenters. The van der Waals surface area contributed by atoms with Gasteiger partial charge in [0.2, 0.25) is 5.43 Å². The Labute approximate surface area is 106 Å². The third kappa shape index (κ3) is 3.09. The average molecular weight is 263 g/mol. The zero-order valence-corrected chi connectivity index (χ0v) is 9.61. The van der Waals surface area contributed by atoms with Crippen molar-refractivity contribution in [2.75, 3.05) is 0 Å². The summed E-state index contributed by atoms with van der Waals surface area (Å²) in [6, 6.07) is 6.61. The minimum atomic E-state index is -0.562. The Balaban J connectivity index is 2.04. The topological polar surface area (TPSA) is 103 Å². The van der Waals surface area contributed by atoms with Gasteiger partial charge in [-0.3, -0.25) is 14.9 Å². The van der Waals surface area contributed by atoms with Crippen LogP contribution in [0.25, 0.3) is 0 Å². The SMILES string of the molecule is O=c1cc(COc2ccc([N+](=O)[O-])cc2)occ1O. The minimum Gasteiger partial charge on any atom is -0.502 e. The Kier molecular flexibility index (Phi) is 3.46. The predicted octanol–water partition coefficient (Wildman–Crippen LogP) is 1.83. The summed E-state index contributed by atoms with van der Waals surface area (Å²) in [5, 5.41) is 19.5. The van der Waals surface area contributed by atoms with Gasteiger partial charge in [-0.25, -0.2) is 0 Å². The molecule has 0 saturated heterocycles. The molecule has 1 aromatic carbocycles. The van der Waals surface area contributed by atoms with E-state index >= 15 is 0 Å². The van der Waals surface area contributed by atoms with E-state index in [4.69, 9.17) is 14.3 Å². The van der Waals surface area contributed by atoms with Gasteiger partial charge in [-0.2, -0.15) is 0 Å². The maximum absolute atomic E-state index is 11.1. The van der Waals surface area contributed by atoms with Crippen LogP contribution in [0.3, 0.4) is 0 Å². The normalized spacial score (nSPS) is 10.1. The maximum Gasteiger partial charge on any atom is 0.269 e. The van der Waals surface area contributed by atoms with E-state index in [1.165, 1.54) is 24.3 Å². The first-order valence-electron chi connectivity index (χ1n) is 5.24. The molecule has 0 amide bonds. The monoisotopic (exact) mass is 263 g/mol. The van der Waals surface area contributed by atoms with Crippen molar-refractivity contribution in [1.82, 2.24) is 0 Å². The zero-order chi connectivity index (χ0) is 13.8. The van der Waals surface area contributed by atoms with Crippen LogP contribution in [0.5, 0.6) is 11.5 Å². The number of nitro groups is 1. The molecule has 7 nitrogen and oxygen atoms in total. The van der Waals surface area contributed by atoms with Gasteiger partial charge in [0.1, 0.15) is 24.4 Å². The molecule has 0 saturated carbocycles. The highest BCUT2D eigenvalue weighted by atomic mass is 16.6. The standard InChI is InChI=1S/C12H9NO6/c14-11-5-10(19-7-12(11)15)6-18-9-3-1-8(2-4-9)13(16)17/h1-5,7,15H,6H2. The molecule has 0 bridgehead atoms. The molecule has 98 valence electrons. The molecule has 19 heavy (non-hydrogen) atoms. The largest absolute Gasteiger partial charge is 0.502 e. The number of hydrogen-bond donors (Lipinski definition) is 1. The highest BCUT2D eigenvalue weighted by molar-refractivity contribution is 5.36. The third-order valence-electron chi connectivity index (χ3n) is 2.30. The molecule has 0 spiro atoms. The Morgan fingerprint density at radius 1 is 1.32 bits per heavy atom. The second kappa shape index (κ2) is 5.21. The van der Waals surface area contributed by atoms with Crippen LogP contribution in [0.1, 0.15) is 5.76 Å². The number of rotatable bonds is 4. The van der Waals surface area contributed by atoms with Crippen molar-refractivity contribution >= 4 is 5.69 Å². The number of hydrogen-bond acceptors (Lipinski definition) is 6. The molecule has 1 aromatic heterocycles. The summed E-state index contributed by atoms with van der Waals surface area (Å²) in [6.45, 7) is -0.0205. The Morgan fingerprint density at radius 3 is 2.58 bits per heavy atom. The smallest absolute Gasteiger partial charge is 0.269 e. The maximum atomic E-state index is 11.1. The lowest BCUT2D eigenvalue weighted by Crippen LogP contribution is -2.03. The quantitative estimate of drug-likeness (QED) is 0.666. The summed E-state index contributed by atoms with van der Waals surface area (Å²) >= 11 is 0. The molecule has 1 N–H and O–H groups in total. The minimum absolute atomic E-state index is 0.0205. The summed E-state index contributed by atoms with van der Waals surface area (Å²) in [4.78, 5) is 21.1. The van der Waals surface area contributed by atoms with Crippen molar-refractivity contribution in [3.05, 3.63) is 62.7 Å². The van der Waals surface area contributed by atoms with Gasteiger partial charge < -0.3 is 14.3 Å². The van der Waals surface area contributed by atoms with Gasteiger partial charge in [-0.05, 0) is 12.1 Å². The fourth-order valence-electron chi connectivity index (χ4n) is 1.34. The van der Waals surface area contributed by atoms with Gasteiger partial charge in [0.25, 0.3) is 5.69 Å². The summed E-state index contributed by atoms with van der Waals surface area (Å²) in [7, 11) is 0. The van der Waals surface area contributed by atoms with Crippen molar-refractivity contribution in [3.8, 4) is 11.5 Å². The number of non-ortho nitro benzene ring substituents is 1. The Hall–Kier alpha value is -2.83.